The molecule has 0 aliphatic heterocycles. The van der Waals surface area contributed by atoms with Crippen LogP contribution in [0.3, 0.4) is 0 Å². The monoisotopic (exact) mass is 265 g/mol. The fraction of sp³-hybridized carbons (Fsp3) is 0.533. The zero-order valence-electron chi connectivity index (χ0n) is 12.1. The highest BCUT2D eigenvalue weighted by molar-refractivity contribution is 5.78. The zero-order valence-corrected chi connectivity index (χ0v) is 12.1. The fourth-order valence-electron chi connectivity index (χ4n) is 1.89. The van der Waals surface area contributed by atoms with E-state index < -0.39 is 11.5 Å². The molecule has 0 fully saturated rings. The quantitative estimate of drug-likeness (QED) is 0.795. The van der Waals surface area contributed by atoms with E-state index in [1.807, 2.05) is 45.0 Å². The number of aliphatic carboxylic acids is 1. The van der Waals surface area contributed by atoms with Crippen LogP contribution in [0.5, 0.6) is 5.75 Å². The van der Waals surface area contributed by atoms with Crippen LogP contribution >= 0.6 is 0 Å². The molecule has 0 aromatic heterocycles. The summed E-state index contributed by atoms with van der Waals surface area (Å²) in [4.78, 5) is 11.3. The largest absolute Gasteiger partial charge is 0.494 e. The minimum atomic E-state index is -0.959. The Morgan fingerprint density at radius 1 is 1.37 bits per heavy atom. The summed E-state index contributed by atoms with van der Waals surface area (Å²) in [5.41, 5.74) is 0.211. The van der Waals surface area contributed by atoms with Gasteiger partial charge in [-0.05, 0) is 39.8 Å². The van der Waals surface area contributed by atoms with Crippen LogP contribution < -0.4 is 10.1 Å². The second-order valence-electron chi connectivity index (χ2n) is 5.35. The van der Waals surface area contributed by atoms with Gasteiger partial charge in [-0.25, -0.2) is 0 Å². The summed E-state index contributed by atoms with van der Waals surface area (Å²) in [6.45, 7) is 7.93. The van der Waals surface area contributed by atoms with Gasteiger partial charge in [0.05, 0.1) is 6.61 Å². The van der Waals surface area contributed by atoms with Crippen molar-refractivity contribution in [3.63, 3.8) is 0 Å². The van der Waals surface area contributed by atoms with E-state index in [-0.39, 0.29) is 6.04 Å². The average Bonchev–Trinajstić information content (AvgIpc) is 2.30. The van der Waals surface area contributed by atoms with Gasteiger partial charge in [-0.1, -0.05) is 17.7 Å². The lowest BCUT2D eigenvalue weighted by Gasteiger charge is -2.28. The maximum Gasteiger partial charge on any atom is 0.323 e. The predicted octanol–water partition coefficient (Wildman–Crippen LogP) is 2.61. The van der Waals surface area contributed by atoms with Gasteiger partial charge in [0.25, 0.3) is 0 Å². The van der Waals surface area contributed by atoms with Crippen LogP contribution in [0, 0.1) is 6.92 Å². The molecule has 1 aromatic carbocycles. The summed E-state index contributed by atoms with van der Waals surface area (Å²) in [6.07, 6.45) is 0.411. The molecule has 0 saturated heterocycles. The average molecular weight is 265 g/mol. The van der Waals surface area contributed by atoms with Gasteiger partial charge in [0.15, 0.2) is 0 Å². The van der Waals surface area contributed by atoms with Crippen LogP contribution in [-0.4, -0.2) is 29.3 Å². The maximum absolute atomic E-state index is 11.3. The highest BCUT2D eigenvalue weighted by atomic mass is 16.5. The molecule has 0 saturated carbocycles. The number of benzene rings is 1. The topological polar surface area (TPSA) is 58.6 Å². The highest BCUT2D eigenvalue weighted by Gasteiger charge is 2.33. The minimum Gasteiger partial charge on any atom is -0.494 e. The molecule has 0 heterocycles. The van der Waals surface area contributed by atoms with Crippen molar-refractivity contribution in [2.75, 3.05) is 6.61 Å². The van der Waals surface area contributed by atoms with E-state index in [1.165, 1.54) is 5.56 Å². The first-order valence-corrected chi connectivity index (χ1v) is 6.54. The van der Waals surface area contributed by atoms with Gasteiger partial charge < -0.3 is 9.84 Å². The van der Waals surface area contributed by atoms with E-state index in [0.29, 0.717) is 13.0 Å². The molecule has 2 N–H and O–H groups in total. The number of hydrogen-bond donors (Lipinski definition) is 2. The first-order chi connectivity index (χ1) is 8.83. The fourth-order valence-corrected chi connectivity index (χ4v) is 1.89. The highest BCUT2D eigenvalue weighted by Crippen LogP contribution is 2.15. The lowest BCUT2D eigenvalue weighted by Crippen LogP contribution is -2.53. The van der Waals surface area contributed by atoms with Crippen molar-refractivity contribution in [1.29, 1.82) is 0 Å². The molecular formula is C15H23NO3. The summed E-state index contributed by atoms with van der Waals surface area (Å²) in [5.74, 6) is -0.0865. The molecule has 0 aliphatic rings. The van der Waals surface area contributed by atoms with Crippen molar-refractivity contribution in [1.82, 2.24) is 5.32 Å². The normalized spacial score (nSPS) is 14.2. The van der Waals surface area contributed by atoms with Crippen molar-refractivity contribution in [3.05, 3.63) is 29.8 Å². The Labute approximate surface area is 114 Å². The molecule has 0 bridgehead atoms. The molecule has 1 aromatic rings. The molecule has 0 radical (unpaired) electrons. The zero-order chi connectivity index (χ0) is 14.5. The van der Waals surface area contributed by atoms with Gasteiger partial charge in [0, 0.05) is 12.5 Å². The Kier molecular flexibility index (Phi) is 5.36. The Bertz CT molecular complexity index is 414. The molecule has 0 aliphatic carbocycles. The van der Waals surface area contributed by atoms with Gasteiger partial charge in [0.1, 0.15) is 11.3 Å². The van der Waals surface area contributed by atoms with Gasteiger partial charge in [-0.2, -0.15) is 0 Å². The molecule has 106 valence electrons. The smallest absolute Gasteiger partial charge is 0.323 e. The summed E-state index contributed by atoms with van der Waals surface area (Å²) < 4.78 is 5.59. The molecule has 0 spiro atoms. The number of nitrogens with one attached hydrogen (secondary N) is 1. The number of carboxylic acid groups (broad SMARTS) is 1. The number of ether oxygens (including phenoxy) is 1. The number of rotatable bonds is 7. The van der Waals surface area contributed by atoms with Crippen LogP contribution in [0.4, 0.5) is 0 Å². The van der Waals surface area contributed by atoms with Crippen molar-refractivity contribution in [2.24, 2.45) is 0 Å². The molecule has 4 nitrogen and oxygen atoms in total. The van der Waals surface area contributed by atoms with Crippen LogP contribution in [-0.2, 0) is 4.79 Å². The van der Waals surface area contributed by atoms with E-state index in [9.17, 15) is 9.90 Å². The molecule has 0 amide bonds. The number of carbonyl (C=O) groups is 1. The lowest BCUT2D eigenvalue weighted by molar-refractivity contribution is -0.145. The number of hydrogen-bond acceptors (Lipinski definition) is 3. The Hall–Kier alpha value is -1.55. The van der Waals surface area contributed by atoms with Crippen LogP contribution in [0.15, 0.2) is 24.3 Å². The van der Waals surface area contributed by atoms with Crippen LogP contribution in [0.1, 0.15) is 32.8 Å². The maximum atomic E-state index is 11.3. The van der Waals surface area contributed by atoms with Crippen molar-refractivity contribution in [2.45, 2.75) is 45.7 Å². The van der Waals surface area contributed by atoms with Gasteiger partial charge in [0.2, 0.25) is 0 Å². The van der Waals surface area contributed by atoms with E-state index in [0.717, 1.165) is 5.75 Å². The van der Waals surface area contributed by atoms with E-state index >= 15 is 0 Å². The summed E-state index contributed by atoms with van der Waals surface area (Å²) in [5, 5.41) is 12.4. The first-order valence-electron chi connectivity index (χ1n) is 6.54. The van der Waals surface area contributed by atoms with E-state index in [1.54, 1.807) is 6.92 Å². The van der Waals surface area contributed by atoms with Crippen molar-refractivity contribution >= 4 is 5.97 Å². The van der Waals surface area contributed by atoms with Crippen molar-refractivity contribution in [3.8, 4) is 5.75 Å². The van der Waals surface area contributed by atoms with E-state index in [2.05, 4.69) is 5.32 Å². The third kappa shape index (κ3) is 4.91. The third-order valence-corrected chi connectivity index (χ3v) is 2.97. The van der Waals surface area contributed by atoms with E-state index in [4.69, 9.17) is 4.74 Å². The lowest BCUT2D eigenvalue weighted by atomic mass is 9.97. The SMILES string of the molecule is Cc1ccc(OCCC(C)(NC(C)C)C(=O)O)cc1. The van der Waals surface area contributed by atoms with Gasteiger partial charge in [-0.15, -0.1) is 0 Å². The third-order valence-electron chi connectivity index (χ3n) is 2.97. The molecule has 19 heavy (non-hydrogen) atoms. The van der Waals surface area contributed by atoms with Crippen molar-refractivity contribution < 1.29 is 14.6 Å². The van der Waals surface area contributed by atoms with Crippen LogP contribution in [0.25, 0.3) is 0 Å². The summed E-state index contributed by atoms with van der Waals surface area (Å²) >= 11 is 0. The number of carboxylic acids is 1. The predicted molar refractivity (Wildman–Crippen MR) is 75.6 cm³/mol. The molecule has 1 atom stereocenters. The van der Waals surface area contributed by atoms with Crippen LogP contribution in [0.2, 0.25) is 0 Å². The number of aryl methyl sites for hydroxylation is 1. The molecule has 1 rings (SSSR count). The minimum absolute atomic E-state index is 0.112. The molecule has 1 unspecified atom stereocenters. The Balaban J connectivity index is 2.53. The molecule has 4 heteroatoms. The second-order valence-corrected chi connectivity index (χ2v) is 5.35. The summed E-state index contributed by atoms with van der Waals surface area (Å²) in [6, 6.07) is 7.84. The molecular weight excluding hydrogens is 242 g/mol. The van der Waals surface area contributed by atoms with Gasteiger partial charge in [-0.3, -0.25) is 10.1 Å². The first kappa shape index (κ1) is 15.5. The standard InChI is InChI=1S/C15H23NO3/c1-11(2)16-15(4,14(17)18)9-10-19-13-7-5-12(3)6-8-13/h5-8,11,16H,9-10H2,1-4H3,(H,17,18). The summed E-state index contributed by atoms with van der Waals surface area (Å²) in [7, 11) is 0. The van der Waals surface area contributed by atoms with Gasteiger partial charge >= 0.3 is 5.97 Å². The second kappa shape index (κ2) is 6.57. The Morgan fingerprint density at radius 3 is 2.42 bits per heavy atom. The Morgan fingerprint density at radius 2 is 1.95 bits per heavy atom.